The first-order valence-electron chi connectivity index (χ1n) is 7.09. The van der Waals surface area contributed by atoms with E-state index in [1.807, 2.05) is 11.8 Å². The summed E-state index contributed by atoms with van der Waals surface area (Å²) in [4.78, 5) is 6.21. The van der Waals surface area contributed by atoms with Crippen molar-refractivity contribution < 1.29 is 0 Å². The van der Waals surface area contributed by atoms with Crippen LogP contribution in [0.4, 0.5) is 11.4 Å². The molecule has 0 aliphatic carbocycles. The summed E-state index contributed by atoms with van der Waals surface area (Å²) in [6, 6.07) is 13.1. The van der Waals surface area contributed by atoms with Gasteiger partial charge in [-0.15, -0.1) is 29.6 Å². The lowest BCUT2D eigenvalue weighted by Gasteiger charge is -2.34. The summed E-state index contributed by atoms with van der Waals surface area (Å²) in [6.07, 6.45) is 2.40. The van der Waals surface area contributed by atoms with Crippen LogP contribution in [0, 0.1) is 6.92 Å². The normalized spacial score (nSPS) is 12.4. The molecule has 0 bridgehead atoms. The molecule has 21 heavy (non-hydrogen) atoms. The van der Waals surface area contributed by atoms with Gasteiger partial charge in [0, 0.05) is 21.2 Å². The molecule has 4 heteroatoms. The molecule has 0 amide bonds. The molecule has 0 saturated heterocycles. The van der Waals surface area contributed by atoms with E-state index in [1.54, 1.807) is 0 Å². The highest BCUT2D eigenvalue weighted by Gasteiger charge is 2.25. The molecule has 0 N–H and O–H groups in total. The first-order chi connectivity index (χ1) is 9.72. The van der Waals surface area contributed by atoms with Crippen molar-refractivity contribution in [1.82, 2.24) is 0 Å². The van der Waals surface area contributed by atoms with E-state index in [-0.39, 0.29) is 17.0 Å². The van der Waals surface area contributed by atoms with Crippen LogP contribution in [-0.2, 0) is 0 Å². The van der Waals surface area contributed by atoms with E-state index in [0.29, 0.717) is 0 Å². The number of benzene rings is 2. The summed E-state index contributed by atoms with van der Waals surface area (Å²) in [5.74, 6) is 0. The lowest BCUT2D eigenvalue weighted by Crippen LogP contribution is -2.22. The predicted molar refractivity (Wildman–Crippen MR) is 101 cm³/mol. The average molecular weight is 382 g/mol. The highest BCUT2D eigenvalue weighted by molar-refractivity contribution is 8.93. The van der Waals surface area contributed by atoms with Crippen molar-refractivity contribution in [3.8, 4) is 0 Å². The fraction of sp³-hybridized carbons (Fsp3) is 0.294. The smallest absolute Gasteiger partial charge is 0.0691 e. The highest BCUT2D eigenvalue weighted by atomic mass is 79.9. The molecular formula is C17H20BrNS2. The van der Waals surface area contributed by atoms with E-state index in [2.05, 4.69) is 55.1 Å². The minimum atomic E-state index is 0. The Bertz CT molecular complexity index is 643. The molecule has 0 unspecified atom stereocenters. The summed E-state index contributed by atoms with van der Waals surface area (Å²) in [7, 11) is 0. The number of hydrogen-bond acceptors (Lipinski definition) is 3. The van der Waals surface area contributed by atoms with Crippen LogP contribution in [0.2, 0.25) is 0 Å². The molecule has 0 radical (unpaired) electrons. The summed E-state index contributed by atoms with van der Waals surface area (Å²) in [5, 5.41) is 0. The third kappa shape index (κ3) is 3.13. The zero-order valence-electron chi connectivity index (χ0n) is 12.3. The number of aryl methyl sites for hydroxylation is 1. The zero-order valence-corrected chi connectivity index (χ0v) is 15.7. The van der Waals surface area contributed by atoms with E-state index in [0.717, 1.165) is 11.4 Å². The Kier molecular flexibility index (Phi) is 5.69. The van der Waals surface area contributed by atoms with Gasteiger partial charge in [-0.3, -0.25) is 0 Å². The summed E-state index contributed by atoms with van der Waals surface area (Å²) in [5.41, 5.74) is 3.85. The topological polar surface area (TPSA) is 3.24 Å². The van der Waals surface area contributed by atoms with Gasteiger partial charge in [0.1, 0.15) is 0 Å². The molecular weight excluding hydrogens is 362 g/mol. The first kappa shape index (κ1) is 16.8. The Morgan fingerprint density at radius 1 is 1.10 bits per heavy atom. The predicted octanol–water partition coefficient (Wildman–Crippen LogP) is 6.26. The number of rotatable bonds is 3. The fourth-order valence-corrected chi connectivity index (χ4v) is 4.06. The lowest BCUT2D eigenvalue weighted by molar-refractivity contribution is 0.772. The maximum absolute atomic E-state index is 4.77. The molecule has 0 saturated carbocycles. The lowest BCUT2D eigenvalue weighted by atomic mass is 10.1. The summed E-state index contributed by atoms with van der Waals surface area (Å²) in [6.45, 7) is 5.42. The third-order valence-electron chi connectivity index (χ3n) is 3.70. The standard InChI is InChI=1S/C17H19NS2.BrH/c1-3-4-11-18-13-7-5-6-8-14(13)20-15-10-9-12(2)17(19)16(15)18;/h5-10,19H,3-4,11H2,1-2H3;1H. The van der Waals surface area contributed by atoms with Crippen molar-refractivity contribution in [3.63, 3.8) is 0 Å². The van der Waals surface area contributed by atoms with Gasteiger partial charge in [0.2, 0.25) is 0 Å². The molecule has 3 rings (SSSR count). The van der Waals surface area contributed by atoms with Crippen molar-refractivity contribution >= 4 is 52.7 Å². The van der Waals surface area contributed by atoms with Gasteiger partial charge in [-0.2, -0.15) is 0 Å². The number of anilines is 2. The Morgan fingerprint density at radius 3 is 2.62 bits per heavy atom. The van der Waals surface area contributed by atoms with Gasteiger partial charge >= 0.3 is 0 Å². The Labute approximate surface area is 147 Å². The molecule has 2 aromatic carbocycles. The number of fused-ring (bicyclic) bond motifs is 2. The van der Waals surface area contributed by atoms with Crippen LogP contribution in [0.5, 0.6) is 0 Å². The van der Waals surface area contributed by atoms with Gasteiger partial charge in [-0.1, -0.05) is 43.3 Å². The zero-order chi connectivity index (χ0) is 14.1. The second kappa shape index (κ2) is 7.12. The van der Waals surface area contributed by atoms with E-state index < -0.39 is 0 Å². The number of hydrogen-bond donors (Lipinski definition) is 1. The van der Waals surface area contributed by atoms with Crippen molar-refractivity contribution in [3.05, 3.63) is 42.0 Å². The highest BCUT2D eigenvalue weighted by Crippen LogP contribution is 2.50. The van der Waals surface area contributed by atoms with Crippen molar-refractivity contribution in [2.45, 2.75) is 41.4 Å². The van der Waals surface area contributed by atoms with Crippen molar-refractivity contribution in [2.75, 3.05) is 11.4 Å². The summed E-state index contributed by atoms with van der Waals surface area (Å²) >= 11 is 6.62. The van der Waals surface area contributed by atoms with E-state index in [9.17, 15) is 0 Å². The Balaban J connectivity index is 0.00000161. The number of nitrogens with zero attached hydrogens (tertiary/aromatic N) is 1. The van der Waals surface area contributed by atoms with E-state index in [4.69, 9.17) is 12.6 Å². The molecule has 1 heterocycles. The maximum atomic E-state index is 4.77. The van der Waals surface area contributed by atoms with Crippen LogP contribution in [0.15, 0.2) is 51.1 Å². The monoisotopic (exact) mass is 381 g/mol. The molecule has 2 aromatic rings. The van der Waals surface area contributed by atoms with Crippen LogP contribution >= 0.6 is 41.4 Å². The van der Waals surface area contributed by atoms with Crippen LogP contribution in [0.1, 0.15) is 25.3 Å². The molecule has 0 atom stereocenters. The number of para-hydroxylation sites is 1. The molecule has 112 valence electrons. The molecule has 0 aromatic heterocycles. The van der Waals surface area contributed by atoms with Gasteiger partial charge < -0.3 is 4.90 Å². The molecule has 1 nitrogen and oxygen atoms in total. The van der Waals surface area contributed by atoms with E-state index in [1.165, 1.54) is 39.6 Å². The fourth-order valence-electron chi connectivity index (χ4n) is 2.56. The summed E-state index contributed by atoms with van der Waals surface area (Å²) < 4.78 is 0. The average Bonchev–Trinajstić information content (AvgIpc) is 2.47. The quantitative estimate of drug-likeness (QED) is 0.624. The molecule has 0 spiro atoms. The Morgan fingerprint density at radius 2 is 1.86 bits per heavy atom. The number of unbranched alkanes of at least 4 members (excludes halogenated alkanes) is 1. The maximum Gasteiger partial charge on any atom is 0.0691 e. The van der Waals surface area contributed by atoms with Crippen molar-refractivity contribution in [2.24, 2.45) is 0 Å². The van der Waals surface area contributed by atoms with Gasteiger partial charge in [-0.05, 0) is 37.1 Å². The van der Waals surface area contributed by atoms with Crippen LogP contribution < -0.4 is 4.90 Å². The molecule has 0 fully saturated rings. The van der Waals surface area contributed by atoms with Gasteiger partial charge in [-0.25, -0.2) is 0 Å². The van der Waals surface area contributed by atoms with Crippen molar-refractivity contribution in [1.29, 1.82) is 0 Å². The van der Waals surface area contributed by atoms with Crippen LogP contribution in [-0.4, -0.2) is 6.54 Å². The van der Waals surface area contributed by atoms with Gasteiger partial charge in [0.15, 0.2) is 0 Å². The minimum absolute atomic E-state index is 0. The van der Waals surface area contributed by atoms with Gasteiger partial charge in [0.25, 0.3) is 0 Å². The van der Waals surface area contributed by atoms with E-state index >= 15 is 0 Å². The van der Waals surface area contributed by atoms with Crippen LogP contribution in [0.3, 0.4) is 0 Å². The largest absolute Gasteiger partial charge is 0.339 e. The molecule has 1 aliphatic rings. The second-order valence-corrected chi connectivity index (χ2v) is 6.68. The van der Waals surface area contributed by atoms with Gasteiger partial charge in [0.05, 0.1) is 11.4 Å². The Hall–Kier alpha value is -0.580. The van der Waals surface area contributed by atoms with Crippen LogP contribution in [0.25, 0.3) is 0 Å². The number of thiol groups is 1. The molecule has 1 aliphatic heterocycles. The first-order valence-corrected chi connectivity index (χ1v) is 8.35. The number of halogens is 1. The second-order valence-electron chi connectivity index (χ2n) is 5.15. The third-order valence-corrected chi connectivity index (χ3v) is 5.38. The minimum Gasteiger partial charge on any atom is -0.339 e. The SMILES string of the molecule is Br.CCCCN1c2ccccc2Sc2ccc(C)c(S)c21.